The van der Waals surface area contributed by atoms with Crippen LogP contribution in [0.4, 0.5) is 17.5 Å². The average molecular weight is 319 g/mol. The first-order valence-corrected chi connectivity index (χ1v) is 7.49. The molecule has 3 rings (SSSR count). The van der Waals surface area contributed by atoms with Gasteiger partial charge in [-0.15, -0.1) is 0 Å². The van der Waals surface area contributed by atoms with Gasteiger partial charge >= 0.3 is 0 Å². The molecule has 6 nitrogen and oxygen atoms in total. The summed E-state index contributed by atoms with van der Waals surface area (Å²) >= 11 is 0. The van der Waals surface area contributed by atoms with E-state index >= 15 is 0 Å². The molecule has 0 spiro atoms. The van der Waals surface area contributed by atoms with Crippen LogP contribution in [0.25, 0.3) is 0 Å². The third-order valence-corrected chi connectivity index (χ3v) is 3.39. The van der Waals surface area contributed by atoms with Crippen LogP contribution in [-0.2, 0) is 6.54 Å². The second-order valence-corrected chi connectivity index (χ2v) is 5.15. The molecule has 0 aliphatic heterocycles. The van der Waals surface area contributed by atoms with Gasteiger partial charge < -0.3 is 16.4 Å². The number of hydrogen-bond acceptors (Lipinski definition) is 5. The number of primary amides is 1. The summed E-state index contributed by atoms with van der Waals surface area (Å²) in [7, 11) is 0. The Morgan fingerprint density at radius 1 is 1.00 bits per heavy atom. The van der Waals surface area contributed by atoms with Crippen LogP contribution in [-0.4, -0.2) is 15.9 Å². The third-order valence-electron chi connectivity index (χ3n) is 3.39. The van der Waals surface area contributed by atoms with Crippen molar-refractivity contribution in [2.75, 3.05) is 10.6 Å². The molecule has 0 aliphatic carbocycles. The van der Waals surface area contributed by atoms with E-state index in [0.717, 1.165) is 11.3 Å². The van der Waals surface area contributed by atoms with Gasteiger partial charge in [0, 0.05) is 18.4 Å². The number of nitrogens with zero attached hydrogens (tertiary/aromatic N) is 2. The number of aromatic nitrogens is 2. The first kappa shape index (κ1) is 15.5. The largest absolute Gasteiger partial charge is 0.365 e. The molecule has 3 aromatic rings. The molecule has 0 bridgehead atoms. The Kier molecular flexibility index (Phi) is 4.67. The summed E-state index contributed by atoms with van der Waals surface area (Å²) in [6, 6.07) is 19.4. The highest BCUT2D eigenvalue weighted by Gasteiger charge is 2.12. The van der Waals surface area contributed by atoms with E-state index in [1.54, 1.807) is 0 Å². The predicted octanol–water partition coefficient (Wildman–Crippen LogP) is 2.93. The van der Waals surface area contributed by atoms with Crippen molar-refractivity contribution in [2.24, 2.45) is 5.73 Å². The van der Waals surface area contributed by atoms with Crippen molar-refractivity contribution in [3.8, 4) is 0 Å². The monoisotopic (exact) mass is 319 g/mol. The fourth-order valence-corrected chi connectivity index (χ4v) is 2.19. The number of carbonyl (C=O) groups excluding carboxylic acids is 1. The molecule has 0 saturated carbocycles. The molecule has 120 valence electrons. The highest BCUT2D eigenvalue weighted by Crippen LogP contribution is 2.18. The number of amides is 1. The van der Waals surface area contributed by atoms with Crippen LogP contribution in [0.2, 0.25) is 0 Å². The maximum absolute atomic E-state index is 11.6. The lowest BCUT2D eigenvalue weighted by Crippen LogP contribution is -2.17. The van der Waals surface area contributed by atoms with Crippen LogP contribution in [0.3, 0.4) is 0 Å². The molecular formula is C18H17N5O. The highest BCUT2D eigenvalue weighted by molar-refractivity contribution is 5.97. The zero-order chi connectivity index (χ0) is 16.8. The number of anilines is 3. The first-order chi connectivity index (χ1) is 11.7. The molecule has 0 atom stereocenters. The molecule has 0 unspecified atom stereocenters. The third kappa shape index (κ3) is 3.86. The molecule has 1 heterocycles. The zero-order valence-corrected chi connectivity index (χ0v) is 12.9. The van der Waals surface area contributed by atoms with Crippen molar-refractivity contribution < 1.29 is 4.79 Å². The minimum Gasteiger partial charge on any atom is -0.365 e. The van der Waals surface area contributed by atoms with E-state index in [4.69, 9.17) is 5.73 Å². The van der Waals surface area contributed by atoms with Crippen LogP contribution >= 0.6 is 0 Å². The lowest BCUT2D eigenvalue weighted by molar-refractivity contribution is 0.100. The quantitative estimate of drug-likeness (QED) is 0.649. The molecule has 0 saturated heterocycles. The Morgan fingerprint density at radius 2 is 1.67 bits per heavy atom. The van der Waals surface area contributed by atoms with E-state index in [1.165, 1.54) is 6.20 Å². The minimum atomic E-state index is -0.572. The van der Waals surface area contributed by atoms with Gasteiger partial charge in [0.1, 0.15) is 5.82 Å². The van der Waals surface area contributed by atoms with E-state index in [0.29, 0.717) is 18.3 Å². The normalized spacial score (nSPS) is 10.2. The van der Waals surface area contributed by atoms with Gasteiger partial charge in [-0.3, -0.25) is 4.79 Å². The van der Waals surface area contributed by atoms with Gasteiger partial charge in [-0.25, -0.2) is 4.98 Å². The summed E-state index contributed by atoms with van der Waals surface area (Å²) < 4.78 is 0. The summed E-state index contributed by atoms with van der Waals surface area (Å²) in [5.74, 6) is 0.221. The fraction of sp³-hybridized carbons (Fsp3) is 0.0556. The van der Waals surface area contributed by atoms with Gasteiger partial charge in [-0.05, 0) is 17.7 Å². The fourth-order valence-electron chi connectivity index (χ4n) is 2.19. The van der Waals surface area contributed by atoms with Gasteiger partial charge in [0.15, 0.2) is 0 Å². The molecule has 6 heteroatoms. The van der Waals surface area contributed by atoms with Gasteiger partial charge in [0.25, 0.3) is 5.91 Å². The molecule has 0 aliphatic rings. The molecule has 1 aromatic heterocycles. The molecule has 1 amide bonds. The van der Waals surface area contributed by atoms with E-state index in [2.05, 4.69) is 20.6 Å². The Labute approximate surface area is 139 Å². The van der Waals surface area contributed by atoms with E-state index < -0.39 is 5.91 Å². The number of rotatable bonds is 6. The standard InChI is InChI=1S/C18H17N5O/c19-16(24)15-12-21-18(22-14-9-5-2-6-10-14)23-17(15)20-11-13-7-3-1-4-8-13/h1-10,12H,11H2,(H2,19,24)(H2,20,21,22,23). The van der Waals surface area contributed by atoms with E-state index in [1.807, 2.05) is 60.7 Å². The predicted molar refractivity (Wildman–Crippen MR) is 94.0 cm³/mol. The number of carbonyl (C=O) groups is 1. The van der Waals surface area contributed by atoms with Crippen LogP contribution in [0.5, 0.6) is 0 Å². The van der Waals surface area contributed by atoms with Crippen molar-refractivity contribution in [3.05, 3.63) is 78.0 Å². The van der Waals surface area contributed by atoms with Crippen LogP contribution in [0, 0.1) is 0 Å². The van der Waals surface area contributed by atoms with Crippen LogP contribution < -0.4 is 16.4 Å². The molecule has 24 heavy (non-hydrogen) atoms. The Bertz CT molecular complexity index is 821. The molecule has 0 radical (unpaired) electrons. The lowest BCUT2D eigenvalue weighted by atomic mass is 10.2. The zero-order valence-electron chi connectivity index (χ0n) is 12.9. The summed E-state index contributed by atoms with van der Waals surface area (Å²) in [6.07, 6.45) is 1.42. The van der Waals surface area contributed by atoms with Crippen molar-refractivity contribution in [1.82, 2.24) is 9.97 Å². The van der Waals surface area contributed by atoms with Crippen molar-refractivity contribution in [3.63, 3.8) is 0 Å². The maximum atomic E-state index is 11.6. The summed E-state index contributed by atoms with van der Waals surface area (Å²) in [5, 5.41) is 6.24. The van der Waals surface area contributed by atoms with Crippen LogP contribution in [0.15, 0.2) is 66.9 Å². The van der Waals surface area contributed by atoms with Crippen LogP contribution in [0.1, 0.15) is 15.9 Å². The smallest absolute Gasteiger partial charge is 0.254 e. The number of nitrogens with two attached hydrogens (primary N) is 1. The van der Waals surface area contributed by atoms with Gasteiger partial charge in [-0.2, -0.15) is 4.98 Å². The topological polar surface area (TPSA) is 92.9 Å². The van der Waals surface area contributed by atoms with Gasteiger partial charge in [-0.1, -0.05) is 48.5 Å². The van der Waals surface area contributed by atoms with Crippen molar-refractivity contribution in [2.45, 2.75) is 6.54 Å². The average Bonchev–Trinajstić information content (AvgIpc) is 2.61. The Morgan fingerprint density at radius 3 is 2.33 bits per heavy atom. The van der Waals surface area contributed by atoms with Gasteiger partial charge in [0.2, 0.25) is 5.95 Å². The number of nitrogens with one attached hydrogen (secondary N) is 2. The minimum absolute atomic E-state index is 0.254. The van der Waals surface area contributed by atoms with Crippen molar-refractivity contribution >= 4 is 23.4 Å². The second-order valence-electron chi connectivity index (χ2n) is 5.15. The molecule has 4 N–H and O–H groups in total. The summed E-state index contributed by atoms with van der Waals surface area (Å²) in [4.78, 5) is 20.1. The number of hydrogen-bond donors (Lipinski definition) is 3. The summed E-state index contributed by atoms with van der Waals surface area (Å²) in [5.41, 5.74) is 7.59. The van der Waals surface area contributed by atoms with E-state index in [9.17, 15) is 4.79 Å². The molecule has 0 fully saturated rings. The van der Waals surface area contributed by atoms with E-state index in [-0.39, 0.29) is 5.56 Å². The highest BCUT2D eigenvalue weighted by atomic mass is 16.1. The molecular weight excluding hydrogens is 302 g/mol. The second kappa shape index (κ2) is 7.23. The molecule has 2 aromatic carbocycles. The Hall–Kier alpha value is -3.41. The summed E-state index contributed by atoms with van der Waals surface area (Å²) in [6.45, 7) is 0.531. The lowest BCUT2D eigenvalue weighted by Gasteiger charge is -2.11. The Balaban J connectivity index is 1.82. The van der Waals surface area contributed by atoms with Crippen molar-refractivity contribution in [1.29, 1.82) is 0 Å². The number of benzene rings is 2. The SMILES string of the molecule is NC(=O)c1cnc(Nc2ccccc2)nc1NCc1ccccc1. The van der Waals surface area contributed by atoms with Gasteiger partial charge in [0.05, 0.1) is 5.56 Å². The number of para-hydroxylation sites is 1. The first-order valence-electron chi connectivity index (χ1n) is 7.49. The maximum Gasteiger partial charge on any atom is 0.254 e.